The lowest BCUT2D eigenvalue weighted by Crippen LogP contribution is -2.38. The van der Waals surface area contributed by atoms with Gasteiger partial charge in [-0.25, -0.2) is 4.99 Å². The summed E-state index contributed by atoms with van der Waals surface area (Å²) >= 11 is 7.74. The molecule has 36 heavy (non-hydrogen) atoms. The van der Waals surface area contributed by atoms with Crippen LogP contribution < -0.4 is 19.6 Å². The van der Waals surface area contributed by atoms with Gasteiger partial charge in [-0.1, -0.05) is 54.3 Å². The second-order valence-electron chi connectivity index (χ2n) is 8.54. The van der Waals surface area contributed by atoms with E-state index >= 15 is 0 Å². The number of thiazole rings is 1. The lowest BCUT2D eigenvalue weighted by molar-refractivity contribution is 0.358. The molecule has 1 aliphatic heterocycles. The molecule has 0 saturated heterocycles. The number of aromatic nitrogens is 1. The minimum Gasteiger partial charge on any atom is -0.487 e. The minimum absolute atomic E-state index is 0.0135. The number of thiophene rings is 1. The maximum Gasteiger partial charge on any atom is 0.271 e. The van der Waals surface area contributed by atoms with Gasteiger partial charge >= 0.3 is 0 Å². The molecule has 0 spiro atoms. The van der Waals surface area contributed by atoms with E-state index < -0.39 is 0 Å². The zero-order chi connectivity index (χ0) is 24.8. The van der Waals surface area contributed by atoms with E-state index in [1.165, 1.54) is 32.9 Å². The number of hydrogen-bond donors (Lipinski definition) is 0. The lowest BCUT2D eigenvalue weighted by Gasteiger charge is -2.30. The fourth-order valence-corrected chi connectivity index (χ4v) is 8.79. The summed E-state index contributed by atoms with van der Waals surface area (Å²) in [5.74, 6) is 0.846. The van der Waals surface area contributed by atoms with Crippen molar-refractivity contribution < 1.29 is 4.74 Å². The smallest absolute Gasteiger partial charge is 0.271 e. The molecule has 2 aliphatic rings. The molecule has 1 atom stereocenters. The topological polar surface area (TPSA) is 43.6 Å². The standard InChI is InChI=1S/C28H20I2N2O2S2/c1-2-11-34-26-20(29)13-16(14-21(26)30)15-23-27(33)32-25(22-8-5-12-35-22)19-10-9-17-6-3-4-7-18(17)24(19)31-28(32)36-23/h2-8,12-15,25H,1,9-11H2/b23-15-/t25-/m1/s1. The second-order valence-corrected chi connectivity index (χ2v) is 12.9. The van der Waals surface area contributed by atoms with Crippen molar-refractivity contribution in [3.05, 3.63) is 121 Å². The van der Waals surface area contributed by atoms with E-state index in [9.17, 15) is 4.79 Å². The van der Waals surface area contributed by atoms with E-state index in [2.05, 4.69) is 106 Å². The third-order valence-corrected chi connectivity index (χ3v) is 9.86. The van der Waals surface area contributed by atoms with Crippen LogP contribution in [0.15, 0.2) is 81.9 Å². The van der Waals surface area contributed by atoms with Gasteiger partial charge in [-0.15, -0.1) is 11.3 Å². The highest BCUT2D eigenvalue weighted by Gasteiger charge is 2.33. The van der Waals surface area contributed by atoms with Gasteiger partial charge in [0.2, 0.25) is 0 Å². The first-order valence-electron chi connectivity index (χ1n) is 11.4. The predicted molar refractivity (Wildman–Crippen MR) is 165 cm³/mol. The van der Waals surface area contributed by atoms with Gasteiger partial charge in [-0.05, 0) is 104 Å². The summed E-state index contributed by atoms with van der Waals surface area (Å²) in [7, 11) is 0. The first-order valence-corrected chi connectivity index (χ1v) is 15.3. The minimum atomic E-state index is -0.110. The van der Waals surface area contributed by atoms with Crippen LogP contribution in [0.1, 0.15) is 34.0 Å². The molecule has 0 fully saturated rings. The number of fused-ring (bicyclic) bond motifs is 3. The van der Waals surface area contributed by atoms with Crippen LogP contribution in [-0.2, 0) is 6.42 Å². The van der Waals surface area contributed by atoms with E-state index in [-0.39, 0.29) is 11.6 Å². The molecule has 0 radical (unpaired) electrons. The van der Waals surface area contributed by atoms with Crippen LogP contribution in [0.4, 0.5) is 0 Å². The van der Waals surface area contributed by atoms with E-state index in [0.29, 0.717) is 11.1 Å². The molecule has 0 saturated carbocycles. The number of benzene rings is 2. The molecule has 6 rings (SSSR count). The third-order valence-electron chi connectivity index (χ3n) is 6.35. The molecule has 0 N–H and O–H groups in total. The summed E-state index contributed by atoms with van der Waals surface area (Å²) in [6.07, 6.45) is 5.59. The lowest BCUT2D eigenvalue weighted by atomic mass is 9.85. The third kappa shape index (κ3) is 4.25. The van der Waals surface area contributed by atoms with Gasteiger partial charge in [0, 0.05) is 10.4 Å². The Kier molecular flexibility index (Phi) is 6.78. The fourth-order valence-electron chi connectivity index (χ4n) is 4.81. The van der Waals surface area contributed by atoms with E-state index in [0.717, 1.165) is 41.8 Å². The van der Waals surface area contributed by atoms with Crippen LogP contribution in [-0.4, -0.2) is 11.2 Å². The number of hydrogen-bond acceptors (Lipinski definition) is 5. The summed E-state index contributed by atoms with van der Waals surface area (Å²) in [5.41, 5.74) is 5.78. The first-order chi connectivity index (χ1) is 17.5. The van der Waals surface area contributed by atoms with Gasteiger partial charge < -0.3 is 4.74 Å². The summed E-state index contributed by atoms with van der Waals surface area (Å²) in [4.78, 5) is 20.9. The molecule has 4 aromatic rings. The van der Waals surface area contributed by atoms with Crippen molar-refractivity contribution >= 4 is 79.6 Å². The van der Waals surface area contributed by atoms with Crippen LogP contribution in [0.5, 0.6) is 5.75 Å². The predicted octanol–water partition coefficient (Wildman–Crippen LogP) is 6.15. The van der Waals surface area contributed by atoms with Gasteiger partial charge in [0.05, 0.1) is 23.4 Å². The van der Waals surface area contributed by atoms with Crippen LogP contribution >= 0.6 is 67.9 Å². The van der Waals surface area contributed by atoms with Crippen molar-refractivity contribution in [2.45, 2.75) is 18.9 Å². The zero-order valence-corrected chi connectivity index (χ0v) is 25.0. The number of rotatable bonds is 5. The van der Waals surface area contributed by atoms with Crippen molar-refractivity contribution in [2.24, 2.45) is 4.99 Å². The summed E-state index contributed by atoms with van der Waals surface area (Å²) < 4.78 is 10.4. The Morgan fingerprint density at radius 2 is 1.94 bits per heavy atom. The molecular formula is C28H20I2N2O2S2. The number of halogens is 2. The Balaban J connectivity index is 1.53. The summed E-state index contributed by atoms with van der Waals surface area (Å²) in [6.45, 7) is 4.19. The molecule has 0 amide bonds. The molecule has 180 valence electrons. The summed E-state index contributed by atoms with van der Waals surface area (Å²) in [6, 6.07) is 16.7. The fraction of sp³-hybridized carbons (Fsp3) is 0.143. The molecule has 4 nitrogen and oxygen atoms in total. The van der Waals surface area contributed by atoms with Crippen molar-refractivity contribution in [3.63, 3.8) is 0 Å². The molecule has 8 heteroatoms. The van der Waals surface area contributed by atoms with Crippen molar-refractivity contribution in [1.29, 1.82) is 0 Å². The van der Waals surface area contributed by atoms with Crippen molar-refractivity contribution in [1.82, 2.24) is 4.57 Å². The molecule has 0 unspecified atom stereocenters. The Morgan fingerprint density at radius 1 is 1.14 bits per heavy atom. The van der Waals surface area contributed by atoms with Gasteiger partial charge in [0.15, 0.2) is 4.80 Å². The average Bonchev–Trinajstić information content (AvgIpc) is 3.51. The first kappa shape index (κ1) is 24.3. The number of aryl methyl sites for hydroxylation is 1. The second kappa shape index (κ2) is 10.0. The zero-order valence-electron chi connectivity index (χ0n) is 19.0. The van der Waals surface area contributed by atoms with Crippen LogP contribution in [0.2, 0.25) is 0 Å². The Hall–Kier alpha value is -2.02. The maximum absolute atomic E-state index is 13.8. The molecule has 2 aromatic heterocycles. The molecule has 2 aromatic carbocycles. The van der Waals surface area contributed by atoms with E-state index in [1.807, 2.05) is 10.6 Å². The quantitative estimate of drug-likeness (QED) is 0.183. The van der Waals surface area contributed by atoms with Crippen molar-refractivity contribution in [2.75, 3.05) is 6.61 Å². The Labute approximate surface area is 243 Å². The Bertz CT molecular complexity index is 1690. The van der Waals surface area contributed by atoms with Crippen LogP contribution in [0.25, 0.3) is 11.8 Å². The highest BCUT2D eigenvalue weighted by atomic mass is 127. The summed E-state index contributed by atoms with van der Waals surface area (Å²) in [5, 5.41) is 2.09. The monoisotopic (exact) mass is 734 g/mol. The Morgan fingerprint density at radius 3 is 2.69 bits per heavy atom. The molecular weight excluding hydrogens is 714 g/mol. The van der Waals surface area contributed by atoms with Gasteiger partial charge in [-0.2, -0.15) is 0 Å². The number of nitrogens with zero attached hydrogens (tertiary/aromatic N) is 2. The normalized spacial score (nSPS) is 16.7. The van der Waals surface area contributed by atoms with Crippen LogP contribution in [0, 0.1) is 7.14 Å². The highest BCUT2D eigenvalue weighted by Crippen LogP contribution is 2.42. The highest BCUT2D eigenvalue weighted by molar-refractivity contribution is 14.1. The molecule has 0 bridgehead atoms. The van der Waals surface area contributed by atoms with Crippen LogP contribution in [0.3, 0.4) is 0 Å². The SMILES string of the molecule is C=CCOc1c(I)cc(/C=c2\sc3n(c2=O)[C@@H](c2cccs2)C2=C(N=3)c3ccccc3CC2)cc1I. The van der Waals surface area contributed by atoms with Gasteiger partial charge in [0.1, 0.15) is 12.4 Å². The number of allylic oxidation sites excluding steroid dienone is 1. The largest absolute Gasteiger partial charge is 0.487 e. The molecule has 1 aliphatic carbocycles. The van der Waals surface area contributed by atoms with E-state index in [4.69, 9.17) is 9.73 Å². The number of ether oxygens (including phenoxy) is 1. The molecule has 3 heterocycles. The van der Waals surface area contributed by atoms with Crippen molar-refractivity contribution in [3.8, 4) is 5.75 Å². The maximum atomic E-state index is 13.8. The van der Waals surface area contributed by atoms with Gasteiger partial charge in [0.25, 0.3) is 5.56 Å². The van der Waals surface area contributed by atoms with Gasteiger partial charge in [-0.3, -0.25) is 9.36 Å². The van der Waals surface area contributed by atoms with E-state index in [1.54, 1.807) is 17.4 Å². The average molecular weight is 734 g/mol.